The predicted molar refractivity (Wildman–Crippen MR) is 123 cm³/mol. The van der Waals surface area contributed by atoms with Gasteiger partial charge in [0.2, 0.25) is 0 Å². The second-order valence-electron chi connectivity index (χ2n) is 8.29. The van der Waals surface area contributed by atoms with Crippen LogP contribution < -0.4 is 10.9 Å². The largest absolute Gasteiger partial charge is 0.469 e. The molecule has 3 aliphatic rings. The molecule has 1 heterocycles. The average Bonchev–Trinajstić information content (AvgIpc) is 3.18. The van der Waals surface area contributed by atoms with Crippen LogP contribution in [0, 0.1) is 20.8 Å². The Morgan fingerprint density at radius 3 is 2.19 bits per heavy atom. The van der Waals surface area contributed by atoms with Crippen LogP contribution in [-0.4, -0.2) is 23.6 Å². The monoisotopic (exact) mass is 424 g/mol. The maximum Gasteiger partial charge on any atom is 0.305 e. The van der Waals surface area contributed by atoms with E-state index in [9.17, 15) is 14.4 Å². The zero-order chi connectivity index (χ0) is 22.7. The quantitative estimate of drug-likeness (QED) is 0.593. The van der Waals surface area contributed by atoms with Crippen LogP contribution in [0.2, 0.25) is 0 Å². The lowest BCUT2D eigenvalue weighted by molar-refractivity contribution is -0.140. The van der Waals surface area contributed by atoms with Crippen molar-refractivity contribution in [2.75, 3.05) is 12.4 Å². The molecular formula is C25H32N2O4. The third-order valence-electron chi connectivity index (χ3n) is 6.49. The summed E-state index contributed by atoms with van der Waals surface area (Å²) < 4.78 is 6.15. The van der Waals surface area contributed by atoms with E-state index in [0.717, 1.165) is 59.3 Å². The molecule has 0 spiro atoms. The molecule has 166 valence electrons. The van der Waals surface area contributed by atoms with E-state index in [2.05, 4.69) is 10.1 Å². The Labute approximate surface area is 183 Å². The Balaban J connectivity index is 0.000000401. The lowest BCUT2D eigenvalue weighted by Gasteiger charge is -2.28. The molecule has 0 bridgehead atoms. The molecule has 0 saturated heterocycles. The molecule has 1 fully saturated rings. The summed E-state index contributed by atoms with van der Waals surface area (Å²) in [6.45, 7) is 7.66. The second kappa shape index (κ2) is 9.50. The van der Waals surface area contributed by atoms with Crippen LogP contribution in [0.4, 0.5) is 5.69 Å². The predicted octanol–water partition coefficient (Wildman–Crippen LogP) is 5.08. The SMILES string of the molecule is CCC(=O)OC.Cc1c(C)c(C)n(C2CCCCC2)c(=O)c1C(=O)Nc1c2cccc1-2. The first-order chi connectivity index (χ1) is 14.8. The minimum Gasteiger partial charge on any atom is -0.469 e. The smallest absolute Gasteiger partial charge is 0.305 e. The lowest BCUT2D eigenvalue weighted by atomic mass is 9.93. The van der Waals surface area contributed by atoms with Gasteiger partial charge in [0.25, 0.3) is 11.5 Å². The van der Waals surface area contributed by atoms with Crippen molar-refractivity contribution in [2.24, 2.45) is 0 Å². The number of rotatable bonds is 4. The molecule has 1 aromatic rings. The number of methoxy groups -OCH3 is 1. The number of para-hydroxylation sites is 1. The van der Waals surface area contributed by atoms with Crippen LogP contribution in [-0.2, 0) is 9.53 Å². The number of anilines is 1. The molecule has 1 aromatic heterocycles. The third-order valence-corrected chi connectivity index (χ3v) is 6.49. The highest BCUT2D eigenvalue weighted by molar-refractivity contribution is 6.16. The molecule has 0 radical (unpaired) electrons. The summed E-state index contributed by atoms with van der Waals surface area (Å²) in [6, 6.07) is 6.16. The highest BCUT2D eigenvalue weighted by atomic mass is 16.5. The number of benzene rings is 1. The van der Waals surface area contributed by atoms with Crippen LogP contribution in [0.15, 0.2) is 23.0 Å². The number of ether oxygens (including phenoxy) is 1. The van der Waals surface area contributed by atoms with Gasteiger partial charge in [0.15, 0.2) is 0 Å². The maximum atomic E-state index is 13.2. The average molecular weight is 425 g/mol. The second-order valence-corrected chi connectivity index (χ2v) is 8.29. The van der Waals surface area contributed by atoms with Gasteiger partial charge < -0.3 is 14.6 Å². The molecule has 3 aliphatic carbocycles. The number of esters is 1. The van der Waals surface area contributed by atoms with Gasteiger partial charge in [-0.05, 0) is 44.7 Å². The number of fused-ring (bicyclic) bond motifs is 1. The van der Waals surface area contributed by atoms with Crippen molar-refractivity contribution in [3.63, 3.8) is 0 Å². The summed E-state index contributed by atoms with van der Waals surface area (Å²) in [6.07, 6.45) is 6.07. The topological polar surface area (TPSA) is 77.4 Å². The number of carbonyl (C=O) groups is 2. The molecule has 0 aromatic carbocycles. The summed E-state index contributed by atoms with van der Waals surface area (Å²) in [5, 5.41) is 2.94. The highest BCUT2D eigenvalue weighted by Gasteiger charge is 2.29. The number of nitrogens with zero attached hydrogens (tertiary/aromatic N) is 1. The van der Waals surface area contributed by atoms with Gasteiger partial charge in [0.1, 0.15) is 5.56 Å². The zero-order valence-corrected chi connectivity index (χ0v) is 19.1. The van der Waals surface area contributed by atoms with E-state index in [1.807, 2.05) is 43.5 Å². The highest BCUT2D eigenvalue weighted by Crippen LogP contribution is 2.48. The molecule has 4 rings (SSSR count). The summed E-state index contributed by atoms with van der Waals surface area (Å²) in [7, 11) is 1.38. The molecule has 1 N–H and O–H groups in total. The first-order valence-corrected chi connectivity index (χ1v) is 11.1. The normalized spacial score (nSPS) is 14.4. The van der Waals surface area contributed by atoms with Crippen LogP contribution >= 0.6 is 0 Å². The van der Waals surface area contributed by atoms with Gasteiger partial charge in [0.05, 0.1) is 12.8 Å². The standard InChI is InChI=1S/C21H24N2O2.C4H8O2/c1-12-13(2)18(20(24)22-19-16-10-7-11-17(16)19)21(25)23(14(12)3)15-8-5-4-6-9-15;1-3-4(5)6-2/h7,10-11,15H,4-6,8-9H2,1-3H3,(H,22,24);3H2,1-2H3. The van der Waals surface area contributed by atoms with Crippen molar-refractivity contribution in [1.29, 1.82) is 0 Å². The molecule has 1 saturated carbocycles. The Kier molecular flexibility index (Phi) is 6.98. The van der Waals surface area contributed by atoms with Crippen LogP contribution in [0.3, 0.4) is 0 Å². The number of hydrogen-bond donors (Lipinski definition) is 1. The fraction of sp³-hybridized carbons (Fsp3) is 0.480. The molecule has 1 amide bonds. The fourth-order valence-electron chi connectivity index (χ4n) is 4.38. The van der Waals surface area contributed by atoms with E-state index in [0.29, 0.717) is 12.0 Å². The van der Waals surface area contributed by atoms with Crippen molar-refractivity contribution in [3.8, 4) is 11.1 Å². The van der Waals surface area contributed by atoms with Crippen molar-refractivity contribution in [2.45, 2.75) is 72.3 Å². The van der Waals surface area contributed by atoms with E-state index in [4.69, 9.17) is 0 Å². The van der Waals surface area contributed by atoms with Crippen molar-refractivity contribution >= 4 is 17.6 Å². The van der Waals surface area contributed by atoms with Crippen LogP contribution in [0.5, 0.6) is 0 Å². The van der Waals surface area contributed by atoms with E-state index < -0.39 is 0 Å². The van der Waals surface area contributed by atoms with Crippen LogP contribution in [0.25, 0.3) is 11.1 Å². The van der Waals surface area contributed by atoms with Crippen LogP contribution in [0.1, 0.15) is 78.7 Å². The van der Waals surface area contributed by atoms with Crippen molar-refractivity contribution in [3.05, 3.63) is 50.9 Å². The molecule has 0 aliphatic heterocycles. The van der Waals surface area contributed by atoms with Gasteiger partial charge in [-0.3, -0.25) is 14.4 Å². The number of hydrogen-bond acceptors (Lipinski definition) is 4. The first-order valence-electron chi connectivity index (χ1n) is 11.1. The summed E-state index contributed by atoms with van der Waals surface area (Å²) in [5.41, 5.74) is 6.05. The molecular weight excluding hydrogens is 392 g/mol. The van der Waals surface area contributed by atoms with Crippen molar-refractivity contribution in [1.82, 2.24) is 4.57 Å². The summed E-state index contributed by atoms with van der Waals surface area (Å²) in [4.78, 5) is 36.0. The molecule has 6 heteroatoms. The molecule has 0 atom stereocenters. The number of nitrogens with one attached hydrogen (secondary N) is 1. The van der Waals surface area contributed by atoms with Gasteiger partial charge in [0, 0.05) is 29.3 Å². The van der Waals surface area contributed by atoms with E-state index in [-0.39, 0.29) is 23.5 Å². The molecule has 6 nitrogen and oxygen atoms in total. The van der Waals surface area contributed by atoms with Gasteiger partial charge in [-0.25, -0.2) is 0 Å². The van der Waals surface area contributed by atoms with E-state index >= 15 is 0 Å². The third kappa shape index (κ3) is 4.58. The molecule has 31 heavy (non-hydrogen) atoms. The Morgan fingerprint density at radius 1 is 1.06 bits per heavy atom. The van der Waals surface area contributed by atoms with Gasteiger partial charge in [-0.2, -0.15) is 0 Å². The van der Waals surface area contributed by atoms with Gasteiger partial charge in [-0.15, -0.1) is 0 Å². The lowest BCUT2D eigenvalue weighted by Crippen LogP contribution is -2.35. The minimum absolute atomic E-state index is 0.133. The van der Waals surface area contributed by atoms with Gasteiger partial charge in [-0.1, -0.05) is 44.4 Å². The molecule has 0 unspecified atom stereocenters. The summed E-state index contributed by atoms with van der Waals surface area (Å²) >= 11 is 0. The number of carbonyl (C=O) groups excluding carboxylic acids is 2. The zero-order valence-electron chi connectivity index (χ0n) is 19.1. The van der Waals surface area contributed by atoms with E-state index in [1.54, 1.807) is 6.92 Å². The van der Waals surface area contributed by atoms with E-state index in [1.165, 1.54) is 13.5 Å². The van der Waals surface area contributed by atoms with Gasteiger partial charge >= 0.3 is 5.97 Å². The number of aromatic nitrogens is 1. The number of amides is 1. The number of pyridine rings is 1. The summed E-state index contributed by atoms with van der Waals surface area (Å²) in [5.74, 6) is -0.434. The Morgan fingerprint density at radius 2 is 1.68 bits per heavy atom. The van der Waals surface area contributed by atoms with Crippen molar-refractivity contribution < 1.29 is 14.3 Å². The maximum absolute atomic E-state index is 13.2. The minimum atomic E-state index is -0.277. The first kappa shape index (κ1) is 22.8. The fourth-order valence-corrected chi connectivity index (χ4v) is 4.38. The Bertz CT molecular complexity index is 1040. The Hall–Kier alpha value is -2.89.